The van der Waals surface area contributed by atoms with E-state index in [1.54, 1.807) is 0 Å². The van der Waals surface area contributed by atoms with Crippen molar-refractivity contribution < 1.29 is 89.1 Å². The molecule has 59 heavy (non-hydrogen) atoms. The number of carboxylic acids is 1. The number of rotatable bonds is 8. The lowest BCUT2D eigenvalue weighted by molar-refractivity contribution is -0.329. The van der Waals surface area contributed by atoms with E-state index in [9.17, 15) is 70.6 Å². The zero-order valence-corrected chi connectivity index (χ0v) is 30.2. The molecule has 21 nitrogen and oxygen atoms in total. The Labute approximate surface area is 330 Å². The summed E-state index contributed by atoms with van der Waals surface area (Å²) >= 11 is 0. The Morgan fingerprint density at radius 3 is 2.34 bits per heavy atom. The highest BCUT2D eigenvalue weighted by Crippen LogP contribution is 2.43. The minimum absolute atomic E-state index is 0.0648. The lowest BCUT2D eigenvalue weighted by Gasteiger charge is -2.47. The number of carboxylic acid groups (broad SMARTS) is 1. The van der Waals surface area contributed by atoms with Crippen molar-refractivity contribution in [2.24, 2.45) is 0 Å². The monoisotopic (exact) mass is 824 g/mol. The Kier molecular flexibility index (Phi) is 10.6. The van der Waals surface area contributed by atoms with Crippen LogP contribution in [-0.4, -0.2) is 140 Å². The minimum atomic E-state index is -2.97. The van der Waals surface area contributed by atoms with Crippen molar-refractivity contribution in [3.63, 3.8) is 0 Å². The van der Waals surface area contributed by atoms with Crippen LogP contribution in [0.3, 0.4) is 0 Å². The van der Waals surface area contributed by atoms with Crippen LogP contribution in [0.15, 0.2) is 51.8 Å². The van der Waals surface area contributed by atoms with Gasteiger partial charge in [0.1, 0.15) is 70.7 Å². The summed E-state index contributed by atoms with van der Waals surface area (Å²) in [4.78, 5) is 43.9. The first-order valence-electron chi connectivity index (χ1n) is 17.7. The number of aliphatic hydroxyl groups is 7. The number of aromatic hydroxyl groups is 3. The molecule has 21 heteroatoms. The molecule has 3 aliphatic heterocycles. The molecule has 2 saturated heterocycles. The molecule has 13 N–H and O–H groups in total. The van der Waals surface area contributed by atoms with E-state index in [-0.39, 0.29) is 52.1 Å². The number of fused-ring (bicyclic) bond motifs is 3. The highest BCUT2D eigenvalue weighted by molar-refractivity contribution is 5.89. The predicted molar refractivity (Wildman–Crippen MR) is 193 cm³/mol. The average molecular weight is 825 g/mol. The second-order valence-electron chi connectivity index (χ2n) is 14.1. The molecule has 0 radical (unpaired) electrons. The molecule has 1 spiro atoms. The van der Waals surface area contributed by atoms with E-state index in [1.165, 1.54) is 24.4 Å². The topological polar surface area (TPSA) is 363 Å². The first kappa shape index (κ1) is 41.1. The molecule has 0 aliphatic carbocycles. The highest BCUT2D eigenvalue weighted by Gasteiger charge is 2.64. The number of carbonyl (C=O) groups is 2. The normalized spacial score (nSPS) is 30.4. The van der Waals surface area contributed by atoms with E-state index in [0.717, 1.165) is 18.2 Å². The van der Waals surface area contributed by atoms with Gasteiger partial charge >= 0.3 is 11.9 Å². The van der Waals surface area contributed by atoms with Crippen LogP contribution < -0.4 is 15.9 Å². The van der Waals surface area contributed by atoms with Crippen LogP contribution in [0.1, 0.15) is 23.1 Å². The van der Waals surface area contributed by atoms with E-state index < -0.39 is 114 Å². The number of pyridine rings is 1. The number of hydrogen-bond acceptors (Lipinski definition) is 20. The van der Waals surface area contributed by atoms with Gasteiger partial charge in [0.05, 0.1) is 6.42 Å². The summed E-state index contributed by atoms with van der Waals surface area (Å²) in [6, 6.07) is 7.46. The van der Waals surface area contributed by atoms with E-state index in [4.69, 9.17) is 29.1 Å². The minimum Gasteiger partial charge on any atom is -0.507 e. The molecule has 2 bridgehead atoms. The van der Waals surface area contributed by atoms with Crippen molar-refractivity contribution in [1.82, 2.24) is 4.98 Å². The summed E-state index contributed by atoms with van der Waals surface area (Å²) < 4.78 is 28.3. The number of phenols is 3. The molecule has 2 fully saturated rings. The van der Waals surface area contributed by atoms with E-state index >= 15 is 0 Å². The van der Waals surface area contributed by atoms with Crippen LogP contribution in [0, 0.1) is 11.8 Å². The number of ether oxygens (including phenoxy) is 4. The number of hydrogen-bond donors (Lipinski definition) is 12. The van der Waals surface area contributed by atoms with E-state index in [1.807, 2.05) is 0 Å². The van der Waals surface area contributed by atoms with Gasteiger partial charge in [-0.15, -0.1) is 0 Å². The summed E-state index contributed by atoms with van der Waals surface area (Å²) in [6.07, 6.45) is -18.5. The number of carbonyl (C=O) groups excluding carboxylic acids is 1. The Hall–Kier alpha value is -6.06. The Bertz CT molecular complexity index is 2450. The molecule has 10 unspecified atom stereocenters. The third kappa shape index (κ3) is 6.91. The molecule has 3 aliphatic rings. The van der Waals surface area contributed by atoms with Gasteiger partial charge in [-0.05, 0) is 30.2 Å². The molecule has 2 aromatic carbocycles. The molecule has 0 amide bonds. The number of esters is 1. The Balaban J connectivity index is 1.35. The average Bonchev–Trinajstić information content (AvgIpc) is 3.25. The van der Waals surface area contributed by atoms with Gasteiger partial charge in [0, 0.05) is 48.0 Å². The first-order chi connectivity index (χ1) is 27.9. The zero-order valence-electron chi connectivity index (χ0n) is 30.2. The lowest BCUT2D eigenvalue weighted by atomic mass is 9.83. The fourth-order valence-corrected chi connectivity index (χ4v) is 7.04. The molecule has 0 saturated carbocycles. The number of aromatic nitrogens is 1. The van der Waals surface area contributed by atoms with Crippen LogP contribution in [0.5, 0.6) is 23.0 Å². The number of benzene rings is 2. The molecule has 7 rings (SSSR count). The maximum Gasteiger partial charge on any atom is 0.351 e. The quantitative estimate of drug-likeness (QED) is 0.0494. The summed E-state index contributed by atoms with van der Waals surface area (Å²) in [7, 11) is 0. The SMILES string of the molecule is Nc1ccc(Cc2c(OC3OC4(CC#CC5(C(=O)O)OC(OC4=O)C(O)C(O)C5O)C(O)C(O)C3O)cc3oc(-c4cc(O)c(O)c(CCO)c4)cc(=O)c3c2O)cn1. The number of anilines is 1. The van der Waals surface area contributed by atoms with Crippen LogP contribution in [0.25, 0.3) is 22.3 Å². The summed E-state index contributed by atoms with van der Waals surface area (Å²) in [5, 5.41) is 116. The highest BCUT2D eigenvalue weighted by atomic mass is 16.8. The smallest absolute Gasteiger partial charge is 0.351 e. The second-order valence-corrected chi connectivity index (χ2v) is 14.1. The standard InChI is InChI=1S/C38H36N2O19/c39-23-3-2-14(13-40-23)8-17-21(12-22-24(26(17)45)18(42)11-20(55-22)16-9-15(4-7-41)25(44)19(43)10-16)56-33-29(48)28(47)32(51)38(59-33)6-1-5-37(35(52)53)31(50)27(46)30(49)34(58-37)57-36(38)54/h2-3,9-13,27-34,41,43-51H,4,6-8H2,(H2,39,40)(H,52,53). The summed E-state index contributed by atoms with van der Waals surface area (Å²) in [5.41, 5.74) is -0.894. The van der Waals surface area contributed by atoms with Crippen LogP contribution in [-0.2, 0) is 36.6 Å². The molecular weight excluding hydrogens is 788 g/mol. The van der Waals surface area contributed by atoms with Crippen molar-refractivity contribution in [3.05, 3.63) is 69.5 Å². The van der Waals surface area contributed by atoms with E-state index in [2.05, 4.69) is 16.8 Å². The van der Waals surface area contributed by atoms with Gasteiger partial charge in [0.25, 0.3) is 5.60 Å². The van der Waals surface area contributed by atoms with E-state index in [0.29, 0.717) is 5.56 Å². The molecular formula is C38H36N2O19. The van der Waals surface area contributed by atoms with Crippen LogP contribution in [0.4, 0.5) is 5.82 Å². The summed E-state index contributed by atoms with van der Waals surface area (Å²) in [5.74, 6) is -1.59. The van der Waals surface area contributed by atoms with Gasteiger partial charge < -0.3 is 85.3 Å². The molecule has 10 atom stereocenters. The molecule has 4 aromatic rings. The maximum absolute atomic E-state index is 13.9. The number of phenolic OH excluding ortho intramolecular Hbond substituents is 3. The van der Waals surface area contributed by atoms with Crippen molar-refractivity contribution in [1.29, 1.82) is 0 Å². The molecule has 2 aromatic heterocycles. The number of nitrogens with zero attached hydrogens (tertiary/aromatic N) is 1. The first-order valence-corrected chi connectivity index (χ1v) is 17.7. The van der Waals surface area contributed by atoms with Crippen molar-refractivity contribution in [2.45, 2.75) is 79.7 Å². The second kappa shape index (κ2) is 15.3. The largest absolute Gasteiger partial charge is 0.507 e. The number of nitrogen functional groups attached to an aromatic ring is 1. The Morgan fingerprint density at radius 2 is 1.66 bits per heavy atom. The van der Waals surface area contributed by atoms with Crippen molar-refractivity contribution in [2.75, 3.05) is 12.3 Å². The van der Waals surface area contributed by atoms with Gasteiger partial charge in [-0.2, -0.15) is 0 Å². The number of nitrogens with two attached hydrogens (primary N) is 1. The van der Waals surface area contributed by atoms with Gasteiger partial charge in [0.2, 0.25) is 18.2 Å². The van der Waals surface area contributed by atoms with Crippen LogP contribution >= 0.6 is 0 Å². The Morgan fingerprint density at radius 1 is 0.932 bits per heavy atom. The number of aliphatic hydroxyl groups excluding tert-OH is 7. The lowest BCUT2D eigenvalue weighted by Crippen LogP contribution is -2.70. The predicted octanol–water partition coefficient (Wildman–Crippen LogP) is -2.55. The van der Waals surface area contributed by atoms with Crippen molar-refractivity contribution >= 4 is 28.7 Å². The third-order valence-corrected chi connectivity index (χ3v) is 10.3. The third-order valence-electron chi connectivity index (χ3n) is 10.3. The molecule has 312 valence electrons. The fraction of sp³-hybridized carbons (Fsp3) is 0.368. The van der Waals surface area contributed by atoms with Gasteiger partial charge in [-0.3, -0.25) is 4.79 Å². The fourth-order valence-electron chi connectivity index (χ4n) is 7.04. The van der Waals surface area contributed by atoms with Crippen LogP contribution in [0.2, 0.25) is 0 Å². The van der Waals surface area contributed by atoms with Gasteiger partial charge in [-0.1, -0.05) is 17.9 Å². The van der Waals surface area contributed by atoms with Gasteiger partial charge in [0.15, 0.2) is 16.9 Å². The number of aliphatic carboxylic acids is 1. The maximum atomic E-state index is 13.9. The van der Waals surface area contributed by atoms with Gasteiger partial charge in [-0.25, -0.2) is 14.6 Å². The summed E-state index contributed by atoms with van der Waals surface area (Å²) in [6.45, 7) is -0.406. The zero-order chi connectivity index (χ0) is 42.7. The molecule has 5 heterocycles. The van der Waals surface area contributed by atoms with Crippen molar-refractivity contribution in [3.8, 4) is 46.2 Å².